The Bertz CT molecular complexity index is 258. The first-order valence-electron chi connectivity index (χ1n) is 6.27. The lowest BCUT2D eigenvalue weighted by atomic mass is 9.81. The van der Waals surface area contributed by atoms with Crippen LogP contribution >= 0.6 is 11.8 Å². The molecule has 1 saturated heterocycles. The third-order valence-corrected chi connectivity index (χ3v) is 5.09. The number of nitrogens with zero attached hydrogens (tertiary/aromatic N) is 1. The molecule has 0 aromatic carbocycles. The van der Waals surface area contributed by atoms with Crippen molar-refractivity contribution in [3.8, 4) is 0 Å². The van der Waals surface area contributed by atoms with E-state index in [1.807, 2.05) is 23.7 Å². The second kappa shape index (κ2) is 4.96. The molecule has 0 spiro atoms. The molecule has 1 aliphatic carbocycles. The van der Waals surface area contributed by atoms with Gasteiger partial charge in [-0.1, -0.05) is 19.3 Å². The van der Waals surface area contributed by atoms with E-state index in [1.165, 1.54) is 12.2 Å². The molecule has 3 nitrogen and oxygen atoms in total. The maximum atomic E-state index is 12.4. The van der Waals surface area contributed by atoms with Crippen LogP contribution in [0.15, 0.2) is 0 Å². The van der Waals surface area contributed by atoms with E-state index < -0.39 is 5.54 Å². The minimum Gasteiger partial charge on any atom is -0.340 e. The molecule has 0 aromatic heterocycles. The average Bonchev–Trinajstić information content (AvgIpc) is 2.81. The SMILES string of the molecule is CN(C(=O)C1(N)CCCCC1)C1CCSC1. The maximum Gasteiger partial charge on any atom is 0.242 e. The lowest BCUT2D eigenvalue weighted by Crippen LogP contribution is -2.57. The molecule has 2 aliphatic rings. The van der Waals surface area contributed by atoms with Crippen molar-refractivity contribution in [1.29, 1.82) is 0 Å². The van der Waals surface area contributed by atoms with Gasteiger partial charge in [-0.3, -0.25) is 4.79 Å². The number of thioether (sulfide) groups is 1. The monoisotopic (exact) mass is 242 g/mol. The fraction of sp³-hybridized carbons (Fsp3) is 0.917. The highest BCUT2D eigenvalue weighted by Gasteiger charge is 2.39. The second-order valence-electron chi connectivity index (χ2n) is 5.15. The summed E-state index contributed by atoms with van der Waals surface area (Å²) in [6.45, 7) is 0. The van der Waals surface area contributed by atoms with Gasteiger partial charge in [-0.25, -0.2) is 0 Å². The molecule has 0 bridgehead atoms. The van der Waals surface area contributed by atoms with Crippen LogP contribution in [0.2, 0.25) is 0 Å². The van der Waals surface area contributed by atoms with Crippen LogP contribution in [-0.4, -0.2) is 40.9 Å². The molecule has 2 fully saturated rings. The highest BCUT2D eigenvalue weighted by molar-refractivity contribution is 7.99. The zero-order chi connectivity index (χ0) is 11.6. The largest absolute Gasteiger partial charge is 0.340 e. The van der Waals surface area contributed by atoms with Crippen LogP contribution in [-0.2, 0) is 4.79 Å². The Hall–Kier alpha value is -0.220. The van der Waals surface area contributed by atoms with Gasteiger partial charge in [0.2, 0.25) is 5.91 Å². The molecule has 92 valence electrons. The fourth-order valence-corrected chi connectivity index (χ4v) is 4.01. The van der Waals surface area contributed by atoms with Gasteiger partial charge in [-0.05, 0) is 25.0 Å². The van der Waals surface area contributed by atoms with Crippen LogP contribution in [0.4, 0.5) is 0 Å². The molecule has 16 heavy (non-hydrogen) atoms. The Balaban J connectivity index is 1.99. The second-order valence-corrected chi connectivity index (χ2v) is 6.30. The maximum absolute atomic E-state index is 12.4. The highest BCUT2D eigenvalue weighted by atomic mass is 32.2. The minimum absolute atomic E-state index is 0.180. The van der Waals surface area contributed by atoms with Crippen LogP contribution in [0.25, 0.3) is 0 Å². The molecule has 1 saturated carbocycles. The summed E-state index contributed by atoms with van der Waals surface area (Å²) in [4.78, 5) is 14.3. The Morgan fingerprint density at radius 2 is 2.06 bits per heavy atom. The molecule has 0 radical (unpaired) electrons. The Morgan fingerprint density at radius 1 is 1.38 bits per heavy atom. The van der Waals surface area contributed by atoms with E-state index in [0.29, 0.717) is 6.04 Å². The lowest BCUT2D eigenvalue weighted by molar-refractivity contribution is -0.138. The van der Waals surface area contributed by atoms with Crippen molar-refractivity contribution in [2.45, 2.75) is 50.1 Å². The fourth-order valence-electron chi connectivity index (χ4n) is 2.74. The predicted octanol–water partition coefficient (Wildman–Crippen LogP) is 1.61. The molecular weight excluding hydrogens is 220 g/mol. The number of amides is 1. The molecular formula is C12H22N2OS. The Labute approximate surface area is 102 Å². The average molecular weight is 242 g/mol. The third-order valence-electron chi connectivity index (χ3n) is 3.95. The summed E-state index contributed by atoms with van der Waals surface area (Å²) in [5.74, 6) is 2.44. The number of nitrogens with two attached hydrogens (primary N) is 1. The summed E-state index contributed by atoms with van der Waals surface area (Å²) in [7, 11) is 1.93. The Kier molecular flexibility index (Phi) is 3.80. The number of likely N-dealkylation sites (N-methyl/N-ethyl adjacent to an activating group) is 1. The topological polar surface area (TPSA) is 46.3 Å². The summed E-state index contributed by atoms with van der Waals surface area (Å²) in [6.07, 6.45) is 6.31. The number of carbonyl (C=O) groups excluding carboxylic acids is 1. The van der Waals surface area contributed by atoms with E-state index >= 15 is 0 Å². The number of hydrogen-bond donors (Lipinski definition) is 1. The molecule has 1 heterocycles. The summed E-state index contributed by atoms with van der Waals surface area (Å²) >= 11 is 1.94. The normalized spacial score (nSPS) is 29.0. The molecule has 1 unspecified atom stereocenters. The number of carbonyl (C=O) groups is 1. The van der Waals surface area contributed by atoms with Crippen molar-refractivity contribution in [2.75, 3.05) is 18.6 Å². The summed E-state index contributed by atoms with van der Waals surface area (Å²) in [5, 5.41) is 0. The summed E-state index contributed by atoms with van der Waals surface area (Å²) < 4.78 is 0. The highest BCUT2D eigenvalue weighted by Crippen LogP contribution is 2.30. The molecule has 0 aromatic rings. The van der Waals surface area contributed by atoms with Crippen LogP contribution < -0.4 is 5.73 Å². The van der Waals surface area contributed by atoms with Crippen molar-refractivity contribution < 1.29 is 4.79 Å². The molecule has 1 aliphatic heterocycles. The first-order valence-corrected chi connectivity index (χ1v) is 7.43. The van der Waals surface area contributed by atoms with E-state index in [1.54, 1.807) is 0 Å². The number of rotatable bonds is 2. The van der Waals surface area contributed by atoms with Gasteiger partial charge in [0.15, 0.2) is 0 Å². The molecule has 4 heteroatoms. The van der Waals surface area contributed by atoms with Crippen molar-refractivity contribution in [3.63, 3.8) is 0 Å². The zero-order valence-electron chi connectivity index (χ0n) is 10.1. The quantitative estimate of drug-likeness (QED) is 0.800. The van der Waals surface area contributed by atoms with Gasteiger partial charge in [-0.15, -0.1) is 0 Å². The molecule has 1 amide bonds. The van der Waals surface area contributed by atoms with E-state index in [9.17, 15) is 4.79 Å². The molecule has 2 rings (SSSR count). The lowest BCUT2D eigenvalue weighted by Gasteiger charge is -2.37. The van der Waals surface area contributed by atoms with Gasteiger partial charge >= 0.3 is 0 Å². The van der Waals surface area contributed by atoms with Gasteiger partial charge < -0.3 is 10.6 Å². The van der Waals surface area contributed by atoms with Gasteiger partial charge in [0.1, 0.15) is 0 Å². The number of hydrogen-bond acceptors (Lipinski definition) is 3. The molecule has 1 atom stereocenters. The molecule has 2 N–H and O–H groups in total. The van der Waals surface area contributed by atoms with Gasteiger partial charge in [0.05, 0.1) is 5.54 Å². The van der Waals surface area contributed by atoms with Gasteiger partial charge in [0.25, 0.3) is 0 Å². The smallest absolute Gasteiger partial charge is 0.242 e. The van der Waals surface area contributed by atoms with Crippen molar-refractivity contribution in [1.82, 2.24) is 4.90 Å². The zero-order valence-corrected chi connectivity index (χ0v) is 10.9. The van der Waals surface area contributed by atoms with Crippen LogP contribution in [0.3, 0.4) is 0 Å². The van der Waals surface area contributed by atoms with E-state index in [2.05, 4.69) is 0 Å². The van der Waals surface area contributed by atoms with Crippen molar-refractivity contribution >= 4 is 17.7 Å². The third kappa shape index (κ3) is 2.38. The first kappa shape index (κ1) is 12.2. The Morgan fingerprint density at radius 3 is 2.62 bits per heavy atom. The first-order chi connectivity index (χ1) is 7.63. The van der Waals surface area contributed by atoms with Crippen molar-refractivity contribution in [3.05, 3.63) is 0 Å². The van der Waals surface area contributed by atoms with Gasteiger partial charge in [0, 0.05) is 18.8 Å². The van der Waals surface area contributed by atoms with Gasteiger partial charge in [-0.2, -0.15) is 11.8 Å². The van der Waals surface area contributed by atoms with E-state index in [0.717, 1.165) is 37.9 Å². The summed E-state index contributed by atoms with van der Waals surface area (Å²) in [5.41, 5.74) is 5.72. The van der Waals surface area contributed by atoms with E-state index in [-0.39, 0.29) is 5.91 Å². The minimum atomic E-state index is -0.555. The van der Waals surface area contributed by atoms with Crippen LogP contribution in [0.5, 0.6) is 0 Å². The standard InChI is InChI=1S/C12H22N2OS/c1-14(10-5-8-16-9-10)11(15)12(13)6-3-2-4-7-12/h10H,2-9,13H2,1H3. The summed E-state index contributed by atoms with van der Waals surface area (Å²) in [6, 6.07) is 0.417. The van der Waals surface area contributed by atoms with Crippen LogP contribution in [0, 0.1) is 0 Å². The van der Waals surface area contributed by atoms with Crippen molar-refractivity contribution in [2.24, 2.45) is 5.73 Å². The van der Waals surface area contributed by atoms with E-state index in [4.69, 9.17) is 5.73 Å². The predicted molar refractivity (Wildman–Crippen MR) is 68.5 cm³/mol. The van der Waals surface area contributed by atoms with Crippen LogP contribution in [0.1, 0.15) is 38.5 Å².